The smallest absolute Gasteiger partial charge is 0.238 e. The lowest BCUT2D eigenvalue weighted by atomic mass is 9.93. The van der Waals surface area contributed by atoms with Crippen LogP contribution in [-0.2, 0) is 11.8 Å². The first-order chi connectivity index (χ1) is 9.16. The van der Waals surface area contributed by atoms with Crippen LogP contribution in [0.15, 0.2) is 6.33 Å². The van der Waals surface area contributed by atoms with Crippen LogP contribution in [0.3, 0.4) is 0 Å². The predicted octanol–water partition coefficient (Wildman–Crippen LogP) is 0.380. The van der Waals surface area contributed by atoms with Gasteiger partial charge in [-0.2, -0.15) is 0 Å². The highest BCUT2D eigenvalue weighted by atomic mass is 16.2. The molecule has 0 spiro atoms. The molecule has 1 aromatic rings. The van der Waals surface area contributed by atoms with Crippen LogP contribution in [0.5, 0.6) is 0 Å². The number of nitrogens with one attached hydrogen (secondary N) is 2. The number of nitrogens with zero attached hydrogens (tertiary/aromatic N) is 3. The van der Waals surface area contributed by atoms with Crippen LogP contribution in [0, 0.1) is 11.8 Å². The van der Waals surface area contributed by atoms with Gasteiger partial charge in [-0.05, 0) is 38.1 Å². The fourth-order valence-corrected chi connectivity index (χ4v) is 3.53. The van der Waals surface area contributed by atoms with Gasteiger partial charge in [0.1, 0.15) is 6.33 Å². The van der Waals surface area contributed by atoms with Crippen LogP contribution in [0.25, 0.3) is 0 Å². The van der Waals surface area contributed by atoms with Gasteiger partial charge in [-0.1, -0.05) is 6.42 Å². The molecule has 1 aliphatic heterocycles. The minimum absolute atomic E-state index is 0.0248. The van der Waals surface area contributed by atoms with Crippen molar-refractivity contribution in [3.05, 3.63) is 12.2 Å². The predicted molar refractivity (Wildman–Crippen MR) is 70.2 cm³/mol. The Morgan fingerprint density at radius 2 is 2.42 bits per heavy atom. The molecule has 4 unspecified atom stereocenters. The van der Waals surface area contributed by atoms with E-state index < -0.39 is 0 Å². The van der Waals surface area contributed by atoms with Crippen LogP contribution in [0.2, 0.25) is 0 Å². The number of amides is 1. The Morgan fingerprint density at radius 3 is 3.16 bits per heavy atom. The Balaban J connectivity index is 1.64. The molecular weight excluding hydrogens is 242 g/mol. The molecule has 1 saturated carbocycles. The molecule has 3 rings (SSSR count). The summed E-state index contributed by atoms with van der Waals surface area (Å²) in [6.07, 6.45) is 5.35. The summed E-state index contributed by atoms with van der Waals surface area (Å²) in [5, 5.41) is 14.3. The van der Waals surface area contributed by atoms with Crippen LogP contribution in [0.4, 0.5) is 0 Å². The standard InChI is InChI=1S/C13H21N5O/c1-8(12-17-15-7-18(12)2)16-13(19)11-10-5-3-4-9(10)6-14-11/h7-11,14H,3-6H2,1-2H3,(H,16,19). The molecule has 6 nitrogen and oxygen atoms in total. The van der Waals surface area contributed by atoms with Gasteiger partial charge in [-0.25, -0.2) is 0 Å². The summed E-state index contributed by atoms with van der Waals surface area (Å²) in [6.45, 7) is 2.93. The van der Waals surface area contributed by atoms with Gasteiger partial charge in [-0.15, -0.1) is 10.2 Å². The molecule has 2 heterocycles. The molecule has 4 atom stereocenters. The zero-order valence-electron chi connectivity index (χ0n) is 11.5. The number of carbonyl (C=O) groups is 1. The van der Waals surface area contributed by atoms with E-state index in [0.717, 1.165) is 12.4 Å². The monoisotopic (exact) mass is 263 g/mol. The molecule has 19 heavy (non-hydrogen) atoms. The molecule has 2 fully saturated rings. The van der Waals surface area contributed by atoms with Crippen molar-refractivity contribution in [2.45, 2.75) is 38.3 Å². The van der Waals surface area contributed by atoms with Gasteiger partial charge in [0.25, 0.3) is 0 Å². The lowest BCUT2D eigenvalue weighted by molar-refractivity contribution is -0.124. The third-order valence-corrected chi connectivity index (χ3v) is 4.52. The van der Waals surface area contributed by atoms with Crippen LogP contribution < -0.4 is 10.6 Å². The van der Waals surface area contributed by atoms with Crippen molar-refractivity contribution < 1.29 is 4.79 Å². The van der Waals surface area contributed by atoms with E-state index in [1.165, 1.54) is 19.3 Å². The summed E-state index contributed by atoms with van der Waals surface area (Å²) in [5.41, 5.74) is 0. The molecule has 0 bridgehead atoms. The van der Waals surface area contributed by atoms with Gasteiger partial charge in [0.05, 0.1) is 12.1 Å². The molecule has 1 aromatic heterocycles. The number of rotatable bonds is 3. The van der Waals surface area contributed by atoms with E-state index in [9.17, 15) is 4.79 Å². The Labute approximate surface area is 113 Å². The average molecular weight is 263 g/mol. The van der Waals surface area contributed by atoms with E-state index >= 15 is 0 Å². The van der Waals surface area contributed by atoms with Crippen molar-refractivity contribution in [2.75, 3.05) is 6.54 Å². The summed E-state index contributed by atoms with van der Waals surface area (Å²) in [5.74, 6) is 2.10. The van der Waals surface area contributed by atoms with Gasteiger partial charge in [0.15, 0.2) is 5.82 Å². The van der Waals surface area contributed by atoms with Gasteiger partial charge >= 0.3 is 0 Å². The van der Waals surface area contributed by atoms with E-state index in [1.807, 2.05) is 18.5 Å². The highest BCUT2D eigenvalue weighted by Gasteiger charge is 2.42. The Bertz CT molecular complexity index is 471. The summed E-state index contributed by atoms with van der Waals surface area (Å²) in [7, 11) is 1.89. The number of carbonyl (C=O) groups excluding carboxylic acids is 1. The first-order valence-corrected chi connectivity index (χ1v) is 7.04. The molecule has 1 saturated heterocycles. The summed E-state index contributed by atoms with van der Waals surface area (Å²) < 4.78 is 1.84. The molecule has 1 aliphatic carbocycles. The molecule has 0 aromatic carbocycles. The van der Waals surface area contributed by atoms with E-state index in [4.69, 9.17) is 0 Å². The Morgan fingerprint density at radius 1 is 1.58 bits per heavy atom. The minimum atomic E-state index is -0.109. The van der Waals surface area contributed by atoms with Gasteiger partial charge in [-0.3, -0.25) is 4.79 Å². The second-order valence-corrected chi connectivity index (χ2v) is 5.77. The number of aromatic nitrogens is 3. The number of hydrogen-bond acceptors (Lipinski definition) is 4. The number of aryl methyl sites for hydroxylation is 1. The fourth-order valence-electron chi connectivity index (χ4n) is 3.53. The zero-order valence-corrected chi connectivity index (χ0v) is 11.5. The SMILES string of the molecule is CC(NC(=O)C1NCC2CCCC21)c1nncn1C. The van der Waals surface area contributed by atoms with Crippen LogP contribution >= 0.6 is 0 Å². The average Bonchev–Trinajstić information content (AvgIpc) is 3.02. The quantitative estimate of drug-likeness (QED) is 0.827. The summed E-state index contributed by atoms with van der Waals surface area (Å²) in [6, 6.07) is -0.134. The fraction of sp³-hybridized carbons (Fsp3) is 0.769. The lowest BCUT2D eigenvalue weighted by Gasteiger charge is -2.20. The topological polar surface area (TPSA) is 71.8 Å². The van der Waals surface area contributed by atoms with E-state index in [-0.39, 0.29) is 18.0 Å². The number of hydrogen-bond donors (Lipinski definition) is 2. The first-order valence-electron chi connectivity index (χ1n) is 7.04. The third kappa shape index (κ3) is 2.25. The van der Waals surface area contributed by atoms with Crippen LogP contribution in [-0.4, -0.2) is 33.3 Å². The Hall–Kier alpha value is -1.43. The van der Waals surface area contributed by atoms with Crippen molar-refractivity contribution in [1.29, 1.82) is 0 Å². The molecule has 104 valence electrons. The van der Waals surface area contributed by atoms with E-state index in [1.54, 1.807) is 6.33 Å². The Kier molecular flexibility index (Phi) is 3.26. The maximum Gasteiger partial charge on any atom is 0.238 e. The van der Waals surface area contributed by atoms with E-state index in [0.29, 0.717) is 11.8 Å². The van der Waals surface area contributed by atoms with E-state index in [2.05, 4.69) is 20.8 Å². The normalized spacial score (nSPS) is 31.2. The van der Waals surface area contributed by atoms with Crippen LogP contribution in [0.1, 0.15) is 38.1 Å². The van der Waals surface area contributed by atoms with Crippen molar-refractivity contribution in [1.82, 2.24) is 25.4 Å². The number of fused-ring (bicyclic) bond motifs is 1. The zero-order chi connectivity index (χ0) is 13.4. The molecule has 2 aliphatic rings. The third-order valence-electron chi connectivity index (χ3n) is 4.52. The van der Waals surface area contributed by atoms with Gasteiger partial charge in [0, 0.05) is 7.05 Å². The maximum absolute atomic E-state index is 12.4. The second-order valence-electron chi connectivity index (χ2n) is 5.77. The minimum Gasteiger partial charge on any atom is -0.345 e. The maximum atomic E-state index is 12.4. The molecule has 2 N–H and O–H groups in total. The van der Waals surface area contributed by atoms with Gasteiger partial charge < -0.3 is 15.2 Å². The van der Waals surface area contributed by atoms with Crippen molar-refractivity contribution in [3.63, 3.8) is 0 Å². The van der Waals surface area contributed by atoms with Crippen molar-refractivity contribution in [3.8, 4) is 0 Å². The van der Waals surface area contributed by atoms with Gasteiger partial charge in [0.2, 0.25) is 5.91 Å². The van der Waals surface area contributed by atoms with Crippen molar-refractivity contribution in [2.24, 2.45) is 18.9 Å². The molecular formula is C13H21N5O. The molecule has 0 radical (unpaired) electrons. The highest BCUT2D eigenvalue weighted by molar-refractivity contribution is 5.82. The van der Waals surface area contributed by atoms with Crippen molar-refractivity contribution >= 4 is 5.91 Å². The highest BCUT2D eigenvalue weighted by Crippen LogP contribution is 2.37. The summed E-state index contributed by atoms with van der Waals surface area (Å²) in [4.78, 5) is 12.4. The molecule has 6 heteroatoms. The first kappa shape index (κ1) is 12.6. The molecule has 1 amide bonds. The largest absolute Gasteiger partial charge is 0.345 e. The lowest BCUT2D eigenvalue weighted by Crippen LogP contribution is -2.45. The summed E-state index contributed by atoms with van der Waals surface area (Å²) >= 11 is 0. The second kappa shape index (κ2) is 4.92.